The Morgan fingerprint density at radius 1 is 1.22 bits per heavy atom. The number of hydrogen-bond donors (Lipinski definition) is 2. The van der Waals surface area contributed by atoms with Gasteiger partial charge in [-0.25, -0.2) is 18.1 Å². The maximum absolute atomic E-state index is 12.3. The van der Waals surface area contributed by atoms with Gasteiger partial charge in [-0.15, -0.1) is 0 Å². The van der Waals surface area contributed by atoms with Crippen molar-refractivity contribution in [2.45, 2.75) is 17.7 Å². The van der Waals surface area contributed by atoms with Gasteiger partial charge in [0.15, 0.2) is 11.5 Å². The summed E-state index contributed by atoms with van der Waals surface area (Å²) in [6, 6.07) is 4.46. The molecule has 2 N–H and O–H groups in total. The van der Waals surface area contributed by atoms with E-state index in [0.717, 1.165) is 6.42 Å². The molecule has 128 valence electrons. The highest BCUT2D eigenvalue weighted by Crippen LogP contribution is 2.31. The van der Waals surface area contributed by atoms with Crippen molar-refractivity contribution in [2.24, 2.45) is 0 Å². The number of ether oxygens (including phenoxy) is 2. The van der Waals surface area contributed by atoms with Gasteiger partial charge in [-0.1, -0.05) is 0 Å². The van der Waals surface area contributed by atoms with E-state index in [2.05, 4.69) is 10.1 Å². The van der Waals surface area contributed by atoms with Gasteiger partial charge in [-0.2, -0.15) is 0 Å². The molecule has 0 unspecified atom stereocenters. The molecule has 0 aliphatic carbocycles. The van der Waals surface area contributed by atoms with Crippen LogP contribution in [0.1, 0.15) is 12.8 Å². The lowest BCUT2D eigenvalue weighted by Gasteiger charge is -2.13. The highest BCUT2D eigenvalue weighted by Gasteiger charge is 2.18. The summed E-state index contributed by atoms with van der Waals surface area (Å²) in [7, 11) is -0.348. The third kappa shape index (κ3) is 5.08. The van der Waals surface area contributed by atoms with Crippen LogP contribution in [0.15, 0.2) is 23.1 Å². The fourth-order valence-corrected chi connectivity index (χ4v) is 3.05. The molecular weight excluding hydrogens is 322 g/mol. The van der Waals surface area contributed by atoms with Crippen LogP contribution in [0.25, 0.3) is 0 Å². The number of benzene rings is 1. The summed E-state index contributed by atoms with van der Waals surface area (Å²) in [5.41, 5.74) is 2.54. The summed E-state index contributed by atoms with van der Waals surface area (Å²) in [5, 5.41) is 1.50. The summed E-state index contributed by atoms with van der Waals surface area (Å²) in [5.74, 6) is 0.680. The topological polar surface area (TPSA) is 97.0 Å². The van der Waals surface area contributed by atoms with Crippen LogP contribution in [0, 0.1) is 0 Å². The number of rotatable bonds is 6. The van der Waals surface area contributed by atoms with Crippen LogP contribution in [0.4, 0.5) is 0 Å². The second-order valence-corrected chi connectivity index (χ2v) is 7.00. The van der Waals surface area contributed by atoms with E-state index in [1.807, 2.05) is 0 Å². The number of fused-ring (bicyclic) bond motifs is 1. The first kappa shape index (κ1) is 17.5. The summed E-state index contributed by atoms with van der Waals surface area (Å²) < 4.78 is 37.9. The first-order valence-corrected chi connectivity index (χ1v) is 8.73. The molecule has 1 heterocycles. The number of amides is 1. The Balaban J connectivity index is 1.99. The van der Waals surface area contributed by atoms with Crippen LogP contribution >= 0.6 is 0 Å². The second kappa shape index (κ2) is 7.62. The van der Waals surface area contributed by atoms with Crippen LogP contribution in [-0.2, 0) is 14.8 Å². The van der Waals surface area contributed by atoms with Crippen LogP contribution in [0.5, 0.6) is 11.5 Å². The van der Waals surface area contributed by atoms with E-state index in [9.17, 15) is 13.2 Å². The van der Waals surface area contributed by atoms with Crippen LogP contribution in [0.3, 0.4) is 0 Å². The Hall–Kier alpha value is -1.84. The van der Waals surface area contributed by atoms with Gasteiger partial charge in [0.1, 0.15) is 0 Å². The minimum atomic E-state index is -3.71. The molecule has 0 aromatic heterocycles. The van der Waals surface area contributed by atoms with Gasteiger partial charge < -0.3 is 9.47 Å². The van der Waals surface area contributed by atoms with E-state index in [4.69, 9.17) is 9.47 Å². The lowest BCUT2D eigenvalue weighted by Crippen LogP contribution is -2.38. The molecule has 0 saturated carbocycles. The average Bonchev–Trinajstić information content (AvgIpc) is 2.70. The van der Waals surface area contributed by atoms with Gasteiger partial charge in [0.25, 0.3) is 0 Å². The molecule has 1 aliphatic rings. The second-order valence-electron chi connectivity index (χ2n) is 5.24. The summed E-state index contributed by atoms with van der Waals surface area (Å²) in [6.45, 7) is 1.03. The smallest absolute Gasteiger partial charge is 0.240 e. The van der Waals surface area contributed by atoms with E-state index in [0.29, 0.717) is 24.7 Å². The number of nitrogens with one attached hydrogen (secondary N) is 2. The molecule has 1 aliphatic heterocycles. The normalized spacial score (nSPS) is 14.4. The van der Waals surface area contributed by atoms with Crippen molar-refractivity contribution in [1.82, 2.24) is 15.2 Å². The fourth-order valence-electron chi connectivity index (χ4n) is 2.00. The fraction of sp³-hybridized carbons (Fsp3) is 0.500. The quantitative estimate of drug-likeness (QED) is 0.712. The Bertz CT molecular complexity index is 660. The third-order valence-electron chi connectivity index (χ3n) is 3.02. The lowest BCUT2D eigenvalue weighted by molar-refractivity contribution is -0.124. The molecule has 0 fully saturated rings. The molecule has 0 radical (unpaired) electrons. The number of nitrogens with zero attached hydrogens (tertiary/aromatic N) is 1. The number of carbonyl (C=O) groups is 1. The third-order valence-corrected chi connectivity index (χ3v) is 4.48. The Morgan fingerprint density at radius 3 is 2.61 bits per heavy atom. The zero-order chi connectivity index (χ0) is 16.9. The Kier molecular flexibility index (Phi) is 5.80. The zero-order valence-corrected chi connectivity index (χ0v) is 14.0. The molecule has 23 heavy (non-hydrogen) atoms. The minimum Gasteiger partial charge on any atom is -0.490 e. The van der Waals surface area contributed by atoms with E-state index in [-0.39, 0.29) is 23.8 Å². The van der Waals surface area contributed by atoms with Gasteiger partial charge in [0.2, 0.25) is 15.9 Å². The zero-order valence-electron chi connectivity index (χ0n) is 13.2. The molecule has 1 aromatic carbocycles. The first-order valence-electron chi connectivity index (χ1n) is 7.24. The van der Waals surface area contributed by atoms with Gasteiger partial charge >= 0.3 is 0 Å². The maximum atomic E-state index is 12.3. The molecule has 9 heteroatoms. The van der Waals surface area contributed by atoms with E-state index >= 15 is 0 Å². The molecule has 1 amide bonds. The highest BCUT2D eigenvalue weighted by molar-refractivity contribution is 7.89. The van der Waals surface area contributed by atoms with E-state index in [1.165, 1.54) is 17.1 Å². The summed E-state index contributed by atoms with van der Waals surface area (Å²) >= 11 is 0. The standard InChI is InChI=1S/C14H21N3O5S/c1-17(2)16-14(18)6-7-15-23(19,20)11-4-5-12-13(10-11)22-9-3-8-21-12/h4-5,10,15H,3,6-9H2,1-2H3,(H,16,18). The van der Waals surface area contributed by atoms with Crippen molar-refractivity contribution in [3.8, 4) is 11.5 Å². The predicted molar refractivity (Wildman–Crippen MR) is 83.7 cm³/mol. The Labute approximate surface area is 135 Å². The van der Waals surface area contributed by atoms with Crippen molar-refractivity contribution >= 4 is 15.9 Å². The lowest BCUT2D eigenvalue weighted by atomic mass is 10.3. The molecule has 0 bridgehead atoms. The average molecular weight is 343 g/mol. The van der Waals surface area contributed by atoms with E-state index in [1.54, 1.807) is 20.2 Å². The molecule has 2 rings (SSSR count). The summed E-state index contributed by atoms with van der Waals surface area (Å²) in [6.07, 6.45) is 0.790. The van der Waals surface area contributed by atoms with Crippen molar-refractivity contribution < 1.29 is 22.7 Å². The first-order chi connectivity index (χ1) is 10.9. The van der Waals surface area contributed by atoms with Crippen molar-refractivity contribution in [1.29, 1.82) is 0 Å². The van der Waals surface area contributed by atoms with Gasteiger partial charge in [-0.05, 0) is 12.1 Å². The molecular formula is C14H21N3O5S. The SMILES string of the molecule is CN(C)NC(=O)CCNS(=O)(=O)c1ccc2c(c1)OCCCO2. The van der Waals surface area contributed by atoms with Crippen LogP contribution < -0.4 is 19.6 Å². The maximum Gasteiger partial charge on any atom is 0.240 e. The number of carbonyl (C=O) groups excluding carboxylic acids is 1. The van der Waals surface area contributed by atoms with Crippen LogP contribution in [0.2, 0.25) is 0 Å². The van der Waals surface area contributed by atoms with Crippen molar-refractivity contribution in [2.75, 3.05) is 33.9 Å². The monoisotopic (exact) mass is 343 g/mol. The number of hydrogen-bond acceptors (Lipinski definition) is 6. The number of sulfonamides is 1. The van der Waals surface area contributed by atoms with Crippen molar-refractivity contribution in [3.63, 3.8) is 0 Å². The van der Waals surface area contributed by atoms with Gasteiger partial charge in [0, 0.05) is 39.5 Å². The van der Waals surface area contributed by atoms with Crippen molar-refractivity contribution in [3.05, 3.63) is 18.2 Å². The van der Waals surface area contributed by atoms with Gasteiger partial charge in [0.05, 0.1) is 18.1 Å². The van der Waals surface area contributed by atoms with E-state index < -0.39 is 10.0 Å². The van der Waals surface area contributed by atoms with Crippen LogP contribution in [-0.4, -0.2) is 53.2 Å². The molecule has 1 aromatic rings. The predicted octanol–water partition coefficient (Wildman–Crippen LogP) is 0.109. The molecule has 8 nitrogen and oxygen atoms in total. The Morgan fingerprint density at radius 2 is 1.91 bits per heavy atom. The largest absolute Gasteiger partial charge is 0.490 e. The molecule has 0 saturated heterocycles. The molecule has 0 atom stereocenters. The molecule has 0 spiro atoms. The minimum absolute atomic E-state index is 0.0104. The highest BCUT2D eigenvalue weighted by atomic mass is 32.2. The summed E-state index contributed by atoms with van der Waals surface area (Å²) in [4.78, 5) is 11.6. The number of hydrazine groups is 1. The van der Waals surface area contributed by atoms with Gasteiger partial charge in [-0.3, -0.25) is 10.2 Å².